The fourth-order valence-electron chi connectivity index (χ4n) is 2.82. The number of benzene rings is 1. The first-order valence-electron chi connectivity index (χ1n) is 6.71. The lowest BCUT2D eigenvalue weighted by Gasteiger charge is -2.18. The average molecular weight is 299 g/mol. The highest BCUT2D eigenvalue weighted by molar-refractivity contribution is 7.93. The van der Waals surface area contributed by atoms with Crippen molar-refractivity contribution in [1.82, 2.24) is 9.97 Å². The van der Waals surface area contributed by atoms with Crippen molar-refractivity contribution in [3.63, 3.8) is 0 Å². The molecule has 0 fully saturated rings. The quantitative estimate of drug-likeness (QED) is 0.789. The minimum atomic E-state index is -3.57. The van der Waals surface area contributed by atoms with Gasteiger partial charge in [-0.3, -0.25) is 4.31 Å². The van der Waals surface area contributed by atoms with Gasteiger partial charge in [0.05, 0.1) is 5.69 Å². The van der Waals surface area contributed by atoms with Crippen LogP contribution in [0.3, 0.4) is 0 Å². The molecule has 2 aromatic heterocycles. The zero-order chi connectivity index (χ0) is 14.4. The van der Waals surface area contributed by atoms with Gasteiger partial charge in [-0.25, -0.2) is 13.4 Å². The summed E-state index contributed by atoms with van der Waals surface area (Å²) in [7, 11) is -3.57. The number of aromatic nitrogens is 2. The highest BCUT2D eigenvalue weighted by atomic mass is 32.2. The number of hydrogen-bond donors (Lipinski definition) is 1. The summed E-state index contributed by atoms with van der Waals surface area (Å²) in [6.45, 7) is 0.481. The summed E-state index contributed by atoms with van der Waals surface area (Å²) in [4.78, 5) is 7.35. The maximum absolute atomic E-state index is 13.0. The molecule has 3 heterocycles. The summed E-state index contributed by atoms with van der Waals surface area (Å²) in [5.74, 6) is 0. The van der Waals surface area contributed by atoms with Crippen molar-refractivity contribution in [2.75, 3.05) is 10.8 Å². The Morgan fingerprint density at radius 2 is 2.00 bits per heavy atom. The van der Waals surface area contributed by atoms with Gasteiger partial charge >= 0.3 is 0 Å². The van der Waals surface area contributed by atoms with Gasteiger partial charge < -0.3 is 4.98 Å². The molecular formula is C15H13N3O2S. The molecule has 0 saturated carbocycles. The van der Waals surface area contributed by atoms with Gasteiger partial charge in [0.25, 0.3) is 10.0 Å². The van der Waals surface area contributed by atoms with E-state index in [1.807, 2.05) is 24.3 Å². The van der Waals surface area contributed by atoms with Gasteiger partial charge in [0.2, 0.25) is 0 Å². The zero-order valence-corrected chi connectivity index (χ0v) is 12.0. The van der Waals surface area contributed by atoms with Crippen molar-refractivity contribution >= 4 is 26.7 Å². The fourth-order valence-corrected chi connectivity index (χ4v) is 4.48. The summed E-state index contributed by atoms with van der Waals surface area (Å²) in [5, 5.41) is 0.627. The van der Waals surface area contributed by atoms with Gasteiger partial charge in [0.1, 0.15) is 10.5 Å². The van der Waals surface area contributed by atoms with E-state index in [0.29, 0.717) is 17.6 Å². The normalized spacial score (nSPS) is 14.6. The maximum atomic E-state index is 13.0. The minimum Gasteiger partial charge on any atom is -0.345 e. The molecule has 0 aliphatic carbocycles. The average Bonchev–Trinajstić information content (AvgIpc) is 3.12. The smallest absolute Gasteiger partial charge is 0.266 e. The number of pyridine rings is 1. The van der Waals surface area contributed by atoms with Crippen molar-refractivity contribution in [3.05, 3.63) is 54.4 Å². The number of anilines is 1. The van der Waals surface area contributed by atoms with Gasteiger partial charge in [0, 0.05) is 24.3 Å². The van der Waals surface area contributed by atoms with Crippen LogP contribution >= 0.6 is 0 Å². The van der Waals surface area contributed by atoms with Crippen LogP contribution in [0.15, 0.2) is 53.7 Å². The first-order chi connectivity index (χ1) is 10.2. The minimum absolute atomic E-state index is 0.280. The molecule has 0 atom stereocenters. The number of nitrogens with zero attached hydrogens (tertiary/aromatic N) is 2. The van der Waals surface area contributed by atoms with Crippen LogP contribution in [-0.4, -0.2) is 24.9 Å². The third-order valence-corrected chi connectivity index (χ3v) is 5.68. The monoisotopic (exact) mass is 299 g/mol. The molecule has 0 bridgehead atoms. The second-order valence-electron chi connectivity index (χ2n) is 5.01. The highest BCUT2D eigenvalue weighted by Crippen LogP contribution is 2.34. The van der Waals surface area contributed by atoms with Gasteiger partial charge in [-0.1, -0.05) is 18.2 Å². The maximum Gasteiger partial charge on any atom is 0.266 e. The van der Waals surface area contributed by atoms with Crippen molar-refractivity contribution < 1.29 is 8.42 Å². The molecule has 1 aromatic carbocycles. The number of nitrogens with one attached hydrogen (secondary N) is 1. The Labute approximate surface area is 122 Å². The Hall–Kier alpha value is -2.34. The number of para-hydroxylation sites is 1. The fraction of sp³-hybridized carbons (Fsp3) is 0.133. The summed E-state index contributed by atoms with van der Waals surface area (Å²) in [6.07, 6.45) is 3.91. The van der Waals surface area contributed by atoms with Crippen LogP contribution in [0.4, 0.5) is 5.69 Å². The summed E-state index contributed by atoms with van der Waals surface area (Å²) in [5.41, 5.74) is 2.43. The number of hydrogen-bond acceptors (Lipinski definition) is 3. The van der Waals surface area contributed by atoms with E-state index >= 15 is 0 Å². The Morgan fingerprint density at radius 1 is 1.14 bits per heavy atom. The second kappa shape index (κ2) is 4.33. The third-order valence-electron chi connectivity index (χ3n) is 3.83. The number of H-pyrrole nitrogens is 1. The third kappa shape index (κ3) is 1.76. The molecule has 0 unspecified atom stereocenters. The lowest BCUT2D eigenvalue weighted by atomic mass is 10.2. The molecule has 106 valence electrons. The van der Waals surface area contributed by atoms with Crippen molar-refractivity contribution in [1.29, 1.82) is 0 Å². The summed E-state index contributed by atoms with van der Waals surface area (Å²) in [6, 6.07) is 11.1. The molecule has 1 aliphatic heterocycles. The molecule has 0 amide bonds. The number of sulfonamides is 1. The predicted octanol–water partition coefficient (Wildman–Crippen LogP) is 2.31. The van der Waals surface area contributed by atoms with E-state index in [4.69, 9.17) is 0 Å². The molecule has 0 spiro atoms. The SMILES string of the molecule is O=S(=O)(c1c[nH]c2ncccc12)N1CCc2ccccc21. The van der Waals surface area contributed by atoms with E-state index in [1.165, 1.54) is 10.5 Å². The van der Waals surface area contributed by atoms with Crippen LogP contribution < -0.4 is 4.31 Å². The summed E-state index contributed by atoms with van der Waals surface area (Å²) >= 11 is 0. The van der Waals surface area contributed by atoms with Gasteiger partial charge in [-0.15, -0.1) is 0 Å². The Kier molecular flexibility index (Phi) is 2.56. The highest BCUT2D eigenvalue weighted by Gasteiger charge is 2.32. The van der Waals surface area contributed by atoms with Crippen molar-refractivity contribution in [2.24, 2.45) is 0 Å². The van der Waals surface area contributed by atoms with Crippen LogP contribution in [0.5, 0.6) is 0 Å². The standard InChI is InChI=1S/C15H13N3O2S/c19-21(20,14-10-17-15-12(14)5-3-8-16-15)18-9-7-11-4-1-2-6-13(11)18/h1-6,8,10H,7,9H2,(H,16,17). The van der Waals surface area contributed by atoms with Gasteiger partial charge in [-0.05, 0) is 30.2 Å². The van der Waals surface area contributed by atoms with E-state index in [2.05, 4.69) is 9.97 Å². The summed E-state index contributed by atoms with van der Waals surface area (Å²) < 4.78 is 27.4. The lowest BCUT2D eigenvalue weighted by Crippen LogP contribution is -2.28. The topological polar surface area (TPSA) is 66.1 Å². The number of fused-ring (bicyclic) bond motifs is 2. The van der Waals surface area contributed by atoms with E-state index < -0.39 is 10.0 Å². The van der Waals surface area contributed by atoms with Crippen LogP contribution in [0, 0.1) is 0 Å². The number of aromatic amines is 1. The largest absolute Gasteiger partial charge is 0.345 e. The Balaban J connectivity index is 1.89. The second-order valence-corrected chi connectivity index (χ2v) is 6.84. The van der Waals surface area contributed by atoms with E-state index in [1.54, 1.807) is 18.3 Å². The molecule has 0 radical (unpaired) electrons. The van der Waals surface area contributed by atoms with Crippen LogP contribution in [-0.2, 0) is 16.4 Å². The molecule has 1 aliphatic rings. The van der Waals surface area contributed by atoms with Crippen molar-refractivity contribution in [2.45, 2.75) is 11.3 Å². The Morgan fingerprint density at radius 3 is 2.90 bits per heavy atom. The molecular weight excluding hydrogens is 286 g/mol. The van der Waals surface area contributed by atoms with Gasteiger partial charge in [0.15, 0.2) is 0 Å². The van der Waals surface area contributed by atoms with Crippen LogP contribution in [0.25, 0.3) is 11.0 Å². The Bertz CT molecular complexity index is 931. The van der Waals surface area contributed by atoms with E-state index in [0.717, 1.165) is 17.7 Å². The van der Waals surface area contributed by atoms with Gasteiger partial charge in [-0.2, -0.15) is 0 Å². The van der Waals surface area contributed by atoms with Crippen LogP contribution in [0.1, 0.15) is 5.56 Å². The lowest BCUT2D eigenvalue weighted by molar-refractivity contribution is 0.593. The van der Waals surface area contributed by atoms with E-state index in [-0.39, 0.29) is 4.90 Å². The molecule has 5 nitrogen and oxygen atoms in total. The van der Waals surface area contributed by atoms with Crippen molar-refractivity contribution in [3.8, 4) is 0 Å². The molecule has 1 N–H and O–H groups in total. The molecule has 3 aromatic rings. The van der Waals surface area contributed by atoms with E-state index in [9.17, 15) is 8.42 Å². The van der Waals surface area contributed by atoms with Crippen LogP contribution in [0.2, 0.25) is 0 Å². The first kappa shape index (κ1) is 12.4. The first-order valence-corrected chi connectivity index (χ1v) is 8.15. The molecule has 6 heteroatoms. The molecule has 21 heavy (non-hydrogen) atoms. The molecule has 0 saturated heterocycles. The zero-order valence-electron chi connectivity index (χ0n) is 11.2. The predicted molar refractivity (Wildman–Crippen MR) is 80.8 cm³/mol. The molecule has 4 rings (SSSR count). The number of rotatable bonds is 2.